The normalized spacial score (nSPS) is 18.4. The summed E-state index contributed by atoms with van der Waals surface area (Å²) in [5.74, 6) is 0.937. The Morgan fingerprint density at radius 1 is 1.20 bits per heavy atom. The van der Waals surface area contributed by atoms with Crippen molar-refractivity contribution in [3.05, 3.63) is 49.1 Å². The van der Waals surface area contributed by atoms with Crippen LogP contribution in [0.4, 0.5) is 5.82 Å². The predicted molar refractivity (Wildman–Crippen MR) is 101 cm³/mol. The van der Waals surface area contributed by atoms with E-state index in [2.05, 4.69) is 33.6 Å². The maximum Gasteiger partial charge on any atom is 0.134 e. The van der Waals surface area contributed by atoms with Crippen molar-refractivity contribution in [1.29, 1.82) is 0 Å². The van der Waals surface area contributed by atoms with Gasteiger partial charge in [-0.3, -0.25) is 9.97 Å². The van der Waals surface area contributed by atoms with Gasteiger partial charge in [0.1, 0.15) is 5.82 Å². The number of fused-ring (bicyclic) bond motifs is 1. The summed E-state index contributed by atoms with van der Waals surface area (Å²) >= 11 is 0. The van der Waals surface area contributed by atoms with E-state index < -0.39 is 0 Å². The molecule has 1 saturated heterocycles. The van der Waals surface area contributed by atoms with Crippen molar-refractivity contribution in [2.45, 2.75) is 38.3 Å². The molecule has 0 bridgehead atoms. The average molecular weight is 333 g/mol. The lowest BCUT2D eigenvalue weighted by molar-refractivity contribution is 0.498. The molecule has 5 nitrogen and oxygen atoms in total. The topological polar surface area (TPSA) is 62.7 Å². The number of hydrogen-bond acceptors (Lipinski definition) is 5. The standard InChI is InChI=1S/C20H23N5/c1-2-17(18-4-3-8-23-18)24-20-16-7-11-22-13-15(16)12-19(25-20)14-5-9-21-10-6-14/h5-7,9-13,17-18,23H,2-4,8H2,1H3,(H,24,25). The summed E-state index contributed by atoms with van der Waals surface area (Å²) in [5.41, 5.74) is 2.01. The third-order valence-electron chi connectivity index (χ3n) is 4.95. The van der Waals surface area contributed by atoms with E-state index >= 15 is 0 Å². The van der Waals surface area contributed by atoms with Crippen molar-refractivity contribution in [1.82, 2.24) is 20.3 Å². The monoisotopic (exact) mass is 333 g/mol. The highest BCUT2D eigenvalue weighted by Crippen LogP contribution is 2.28. The Bertz CT molecular complexity index is 843. The minimum absolute atomic E-state index is 0.374. The van der Waals surface area contributed by atoms with Crippen molar-refractivity contribution >= 4 is 16.6 Å². The Labute approximate surface area is 147 Å². The van der Waals surface area contributed by atoms with Crippen molar-refractivity contribution in [3.63, 3.8) is 0 Å². The molecule has 2 unspecified atom stereocenters. The molecule has 1 aliphatic heterocycles. The first-order valence-corrected chi connectivity index (χ1v) is 9.00. The maximum absolute atomic E-state index is 4.94. The van der Waals surface area contributed by atoms with E-state index in [0.717, 1.165) is 40.8 Å². The SMILES string of the molecule is CCC(Nc1nc(-c2ccncc2)cc2cnccc12)C1CCCN1. The molecule has 0 saturated carbocycles. The highest BCUT2D eigenvalue weighted by molar-refractivity contribution is 5.94. The summed E-state index contributed by atoms with van der Waals surface area (Å²) < 4.78 is 0. The molecule has 3 aromatic heterocycles. The average Bonchev–Trinajstić information content (AvgIpc) is 3.21. The van der Waals surface area contributed by atoms with Crippen LogP contribution in [0.3, 0.4) is 0 Å². The quantitative estimate of drug-likeness (QED) is 0.746. The van der Waals surface area contributed by atoms with E-state index in [-0.39, 0.29) is 0 Å². The highest BCUT2D eigenvalue weighted by Gasteiger charge is 2.24. The zero-order valence-corrected chi connectivity index (χ0v) is 14.4. The summed E-state index contributed by atoms with van der Waals surface area (Å²) in [7, 11) is 0. The van der Waals surface area contributed by atoms with Crippen LogP contribution in [0.1, 0.15) is 26.2 Å². The van der Waals surface area contributed by atoms with Gasteiger partial charge in [-0.2, -0.15) is 0 Å². The second kappa shape index (κ2) is 7.15. The van der Waals surface area contributed by atoms with Crippen LogP contribution in [-0.4, -0.2) is 33.6 Å². The fourth-order valence-electron chi connectivity index (χ4n) is 3.60. The Balaban J connectivity index is 1.75. The van der Waals surface area contributed by atoms with Crippen LogP contribution in [0.25, 0.3) is 22.0 Å². The molecule has 0 radical (unpaired) electrons. The van der Waals surface area contributed by atoms with E-state index in [4.69, 9.17) is 4.98 Å². The van der Waals surface area contributed by atoms with Gasteiger partial charge in [-0.25, -0.2) is 4.98 Å². The number of pyridine rings is 3. The van der Waals surface area contributed by atoms with Crippen molar-refractivity contribution in [2.24, 2.45) is 0 Å². The summed E-state index contributed by atoms with van der Waals surface area (Å²) in [6.07, 6.45) is 10.9. The minimum Gasteiger partial charge on any atom is -0.365 e. The maximum atomic E-state index is 4.94. The third kappa shape index (κ3) is 3.33. The molecule has 0 aliphatic carbocycles. The smallest absolute Gasteiger partial charge is 0.134 e. The molecule has 5 heteroatoms. The molecule has 4 heterocycles. The largest absolute Gasteiger partial charge is 0.365 e. The summed E-state index contributed by atoms with van der Waals surface area (Å²) in [6, 6.07) is 8.99. The van der Waals surface area contributed by atoms with Crippen LogP contribution >= 0.6 is 0 Å². The summed E-state index contributed by atoms with van der Waals surface area (Å²) in [6.45, 7) is 3.34. The second-order valence-electron chi connectivity index (χ2n) is 6.55. The van der Waals surface area contributed by atoms with Gasteiger partial charge < -0.3 is 10.6 Å². The van der Waals surface area contributed by atoms with Crippen molar-refractivity contribution < 1.29 is 0 Å². The minimum atomic E-state index is 0.374. The molecule has 1 aliphatic rings. The van der Waals surface area contributed by atoms with Crippen LogP contribution in [0, 0.1) is 0 Å². The summed E-state index contributed by atoms with van der Waals surface area (Å²) in [4.78, 5) is 13.3. The van der Waals surface area contributed by atoms with E-state index in [1.165, 1.54) is 12.8 Å². The van der Waals surface area contributed by atoms with Gasteiger partial charge in [0, 0.05) is 53.2 Å². The zero-order valence-electron chi connectivity index (χ0n) is 14.4. The Hall–Kier alpha value is -2.53. The molecule has 4 rings (SSSR count). The molecular weight excluding hydrogens is 310 g/mol. The molecule has 1 fully saturated rings. The molecular formula is C20H23N5. The lowest BCUT2D eigenvalue weighted by atomic mass is 10.0. The lowest BCUT2D eigenvalue weighted by Gasteiger charge is -2.25. The van der Waals surface area contributed by atoms with Gasteiger partial charge in [0.25, 0.3) is 0 Å². The molecule has 3 aromatic rings. The Morgan fingerprint density at radius 3 is 2.80 bits per heavy atom. The Morgan fingerprint density at radius 2 is 2.04 bits per heavy atom. The van der Waals surface area contributed by atoms with Gasteiger partial charge in [-0.1, -0.05) is 6.92 Å². The first-order chi connectivity index (χ1) is 12.3. The van der Waals surface area contributed by atoms with E-state index in [9.17, 15) is 0 Å². The summed E-state index contributed by atoms with van der Waals surface area (Å²) in [5, 5.41) is 9.53. The fraction of sp³-hybridized carbons (Fsp3) is 0.350. The van der Waals surface area contributed by atoms with Crippen LogP contribution < -0.4 is 10.6 Å². The predicted octanol–water partition coefficient (Wildman–Crippen LogP) is 3.63. The molecule has 0 aromatic carbocycles. The van der Waals surface area contributed by atoms with Gasteiger partial charge in [0.15, 0.2) is 0 Å². The first-order valence-electron chi connectivity index (χ1n) is 9.00. The van der Waals surface area contributed by atoms with Crippen LogP contribution in [0.15, 0.2) is 49.1 Å². The number of rotatable bonds is 5. The van der Waals surface area contributed by atoms with Gasteiger partial charge in [0.2, 0.25) is 0 Å². The Kier molecular flexibility index (Phi) is 4.57. The molecule has 25 heavy (non-hydrogen) atoms. The second-order valence-corrected chi connectivity index (χ2v) is 6.55. The van der Waals surface area contributed by atoms with Crippen molar-refractivity contribution in [3.8, 4) is 11.3 Å². The third-order valence-corrected chi connectivity index (χ3v) is 4.95. The fourth-order valence-corrected chi connectivity index (χ4v) is 3.60. The number of hydrogen-bond donors (Lipinski definition) is 2. The molecule has 128 valence electrons. The number of nitrogens with one attached hydrogen (secondary N) is 2. The number of nitrogens with zero attached hydrogens (tertiary/aromatic N) is 3. The van der Waals surface area contributed by atoms with E-state index in [1.54, 1.807) is 12.4 Å². The van der Waals surface area contributed by atoms with Gasteiger partial charge in [-0.05, 0) is 50.1 Å². The number of anilines is 1. The number of aromatic nitrogens is 3. The van der Waals surface area contributed by atoms with E-state index in [1.807, 2.05) is 30.6 Å². The lowest BCUT2D eigenvalue weighted by Crippen LogP contribution is -2.40. The molecule has 0 spiro atoms. The van der Waals surface area contributed by atoms with Gasteiger partial charge in [0.05, 0.1) is 5.69 Å². The van der Waals surface area contributed by atoms with Gasteiger partial charge in [-0.15, -0.1) is 0 Å². The van der Waals surface area contributed by atoms with Crippen LogP contribution in [-0.2, 0) is 0 Å². The zero-order chi connectivity index (χ0) is 17.1. The molecule has 2 N–H and O–H groups in total. The molecule has 2 atom stereocenters. The van der Waals surface area contributed by atoms with E-state index in [0.29, 0.717) is 12.1 Å². The van der Waals surface area contributed by atoms with Crippen LogP contribution in [0.5, 0.6) is 0 Å². The van der Waals surface area contributed by atoms with Gasteiger partial charge >= 0.3 is 0 Å². The first kappa shape index (κ1) is 16.0. The highest BCUT2D eigenvalue weighted by atomic mass is 15.1. The molecule has 0 amide bonds. The van der Waals surface area contributed by atoms with Crippen LogP contribution in [0.2, 0.25) is 0 Å². The van der Waals surface area contributed by atoms with Crippen molar-refractivity contribution in [2.75, 3.05) is 11.9 Å².